The summed E-state index contributed by atoms with van der Waals surface area (Å²) in [5.41, 5.74) is 3.87. The quantitative estimate of drug-likeness (QED) is 0.419. The van der Waals surface area contributed by atoms with Crippen molar-refractivity contribution in [3.63, 3.8) is 0 Å². The Morgan fingerprint density at radius 1 is 0.720 bits per heavy atom. The van der Waals surface area contributed by atoms with Crippen molar-refractivity contribution >= 4 is 24.2 Å². The van der Waals surface area contributed by atoms with Gasteiger partial charge in [0.15, 0.2) is 8.38 Å². The topological polar surface area (TPSA) is 18.5 Å². The molecule has 0 aliphatic heterocycles. The van der Waals surface area contributed by atoms with Gasteiger partial charge >= 0.3 is 0 Å². The van der Waals surface area contributed by atoms with E-state index in [9.17, 15) is 0 Å². The first-order valence-electron chi connectivity index (χ1n) is 8.47. The third-order valence-electron chi connectivity index (χ3n) is 3.64. The number of hydrogen-bond donors (Lipinski definition) is 0. The summed E-state index contributed by atoms with van der Waals surface area (Å²) in [5, 5.41) is 0. The van der Waals surface area contributed by atoms with Crippen LogP contribution in [0.4, 0.5) is 0 Å². The highest BCUT2D eigenvalue weighted by atomic mass is 31.2. The van der Waals surface area contributed by atoms with Gasteiger partial charge in [0, 0.05) is 6.66 Å². The molecular weight excluding hydrogens is 365 g/mol. The molecule has 0 heterocycles. The second-order valence-electron chi connectivity index (χ2n) is 6.53. The minimum Gasteiger partial charge on any atom is -0.329 e. The third-order valence-corrected chi connectivity index (χ3v) is 9.72. The first-order chi connectivity index (χ1) is 12.0. The molecule has 2 aromatic rings. The Hall–Kier alpha value is -0.350. The molecule has 0 amide bonds. The van der Waals surface area contributed by atoms with Crippen molar-refractivity contribution in [1.29, 1.82) is 0 Å². The first-order valence-corrected chi connectivity index (χ1v) is 14.7. The molecule has 25 heavy (non-hydrogen) atoms. The average Bonchev–Trinajstić information content (AvgIpc) is 2.58. The molecule has 2 nitrogen and oxygen atoms in total. The summed E-state index contributed by atoms with van der Waals surface area (Å²) < 4.78 is 11.8. The number of hydrogen-bond acceptors (Lipinski definition) is 2. The minimum atomic E-state index is -0.859. The number of rotatable bonds is 10. The Labute approximate surface area is 156 Å². The van der Waals surface area contributed by atoms with E-state index in [-0.39, 0.29) is 15.8 Å². The summed E-state index contributed by atoms with van der Waals surface area (Å²) in [6, 6.07) is 19.1. The van der Waals surface area contributed by atoms with E-state index in [0.717, 1.165) is 0 Å². The van der Waals surface area contributed by atoms with Gasteiger partial charge in [-0.05, 0) is 48.7 Å². The largest absolute Gasteiger partial charge is 0.329 e. The van der Waals surface area contributed by atoms with Crippen LogP contribution in [0.3, 0.4) is 0 Å². The Morgan fingerprint density at radius 3 is 2.00 bits per heavy atom. The molecule has 0 aromatic heterocycles. The van der Waals surface area contributed by atoms with Gasteiger partial charge in [-0.1, -0.05) is 54.6 Å². The van der Waals surface area contributed by atoms with Crippen molar-refractivity contribution in [2.45, 2.75) is 19.4 Å². The van der Waals surface area contributed by atoms with Gasteiger partial charge in [-0.3, -0.25) is 0 Å². The smallest absolute Gasteiger partial charge is 0.167 e. The molecule has 0 saturated carbocycles. The van der Waals surface area contributed by atoms with Crippen molar-refractivity contribution in [2.75, 3.05) is 32.6 Å². The Kier molecular flexibility index (Phi) is 9.54. The second kappa shape index (κ2) is 11.4. The SMILES string of the molecule is CP(C)CP(C)Cc1cccc(COP(C)OCc2ccccc2)c1. The highest BCUT2D eigenvalue weighted by Crippen LogP contribution is 2.46. The summed E-state index contributed by atoms with van der Waals surface area (Å²) in [6.07, 6.45) is 1.22. The number of benzene rings is 2. The minimum absolute atomic E-state index is 0.105. The zero-order valence-corrected chi connectivity index (χ0v) is 18.4. The lowest BCUT2D eigenvalue weighted by molar-refractivity contribution is 0.239. The molecule has 0 saturated heterocycles. The van der Waals surface area contributed by atoms with Crippen molar-refractivity contribution in [3.8, 4) is 0 Å². The lowest BCUT2D eigenvalue weighted by Crippen LogP contribution is -1.94. The molecule has 2 aromatic carbocycles. The van der Waals surface area contributed by atoms with Crippen LogP contribution < -0.4 is 0 Å². The van der Waals surface area contributed by atoms with Gasteiger partial charge in [0.1, 0.15) is 0 Å². The van der Waals surface area contributed by atoms with Gasteiger partial charge in [-0.15, -0.1) is 15.8 Å². The van der Waals surface area contributed by atoms with Crippen LogP contribution >= 0.6 is 24.2 Å². The molecular formula is C20H29O2P3. The molecule has 5 heteroatoms. The zero-order chi connectivity index (χ0) is 18.1. The lowest BCUT2D eigenvalue weighted by Gasteiger charge is -2.16. The summed E-state index contributed by atoms with van der Waals surface area (Å²) >= 11 is 0. The molecule has 0 bridgehead atoms. The lowest BCUT2D eigenvalue weighted by atomic mass is 10.1. The van der Waals surface area contributed by atoms with Crippen LogP contribution in [0.5, 0.6) is 0 Å². The van der Waals surface area contributed by atoms with E-state index in [1.54, 1.807) is 0 Å². The maximum atomic E-state index is 5.93. The van der Waals surface area contributed by atoms with Crippen LogP contribution in [0.15, 0.2) is 54.6 Å². The van der Waals surface area contributed by atoms with Gasteiger partial charge in [0.25, 0.3) is 0 Å². The summed E-state index contributed by atoms with van der Waals surface area (Å²) in [4.78, 5) is 0. The maximum Gasteiger partial charge on any atom is 0.167 e. The van der Waals surface area contributed by atoms with E-state index < -0.39 is 8.38 Å². The summed E-state index contributed by atoms with van der Waals surface area (Å²) in [5.74, 6) is 1.40. The standard InChI is InChI=1S/C20H29O2P3/c1-23(2)17-24(3)16-20-12-8-11-19(13-20)15-22-25(4)21-14-18-9-6-5-7-10-18/h5-13H,14-17H2,1-4H3. The summed E-state index contributed by atoms with van der Waals surface area (Å²) in [7, 11) is -0.546. The monoisotopic (exact) mass is 394 g/mol. The van der Waals surface area contributed by atoms with Gasteiger partial charge in [0.2, 0.25) is 0 Å². The molecule has 2 atom stereocenters. The van der Waals surface area contributed by atoms with Crippen LogP contribution in [0.1, 0.15) is 16.7 Å². The fourth-order valence-corrected chi connectivity index (χ4v) is 8.42. The zero-order valence-electron chi connectivity index (χ0n) is 15.7. The van der Waals surface area contributed by atoms with Crippen LogP contribution in [0, 0.1) is 0 Å². The van der Waals surface area contributed by atoms with E-state index in [4.69, 9.17) is 9.05 Å². The van der Waals surface area contributed by atoms with E-state index in [1.165, 1.54) is 28.8 Å². The second-order valence-corrected chi connectivity index (χ2v) is 13.2. The van der Waals surface area contributed by atoms with E-state index in [1.807, 2.05) is 24.9 Å². The Morgan fingerprint density at radius 2 is 1.32 bits per heavy atom. The predicted octanol–water partition coefficient (Wildman–Crippen LogP) is 6.67. The van der Waals surface area contributed by atoms with Crippen LogP contribution in [-0.2, 0) is 28.4 Å². The van der Waals surface area contributed by atoms with Gasteiger partial charge < -0.3 is 9.05 Å². The van der Waals surface area contributed by atoms with Crippen molar-refractivity contribution in [1.82, 2.24) is 0 Å². The molecule has 0 radical (unpaired) electrons. The molecule has 136 valence electrons. The molecule has 2 unspecified atom stereocenters. The van der Waals surface area contributed by atoms with Crippen molar-refractivity contribution in [2.24, 2.45) is 0 Å². The summed E-state index contributed by atoms with van der Waals surface area (Å²) in [6.45, 7) is 10.4. The normalized spacial score (nSPS) is 13.8. The van der Waals surface area contributed by atoms with E-state index in [0.29, 0.717) is 13.2 Å². The van der Waals surface area contributed by atoms with E-state index >= 15 is 0 Å². The maximum absolute atomic E-state index is 5.93. The fraction of sp³-hybridized carbons (Fsp3) is 0.400. The average molecular weight is 394 g/mol. The van der Waals surface area contributed by atoms with Crippen molar-refractivity contribution in [3.05, 3.63) is 71.3 Å². The van der Waals surface area contributed by atoms with Crippen LogP contribution in [0.25, 0.3) is 0 Å². The van der Waals surface area contributed by atoms with Crippen molar-refractivity contribution < 1.29 is 9.05 Å². The Bertz CT molecular complexity index is 619. The van der Waals surface area contributed by atoms with Gasteiger partial charge in [-0.2, -0.15) is 0 Å². The third kappa shape index (κ3) is 8.72. The first kappa shape index (κ1) is 21.0. The molecule has 0 spiro atoms. The van der Waals surface area contributed by atoms with Gasteiger partial charge in [-0.25, -0.2) is 0 Å². The highest BCUT2D eigenvalue weighted by Gasteiger charge is 2.08. The fourth-order valence-electron chi connectivity index (χ4n) is 2.60. The van der Waals surface area contributed by atoms with Gasteiger partial charge in [0.05, 0.1) is 13.2 Å². The van der Waals surface area contributed by atoms with Crippen LogP contribution in [-0.4, -0.2) is 32.6 Å². The molecule has 0 N–H and O–H groups in total. The molecule has 0 aliphatic carbocycles. The molecule has 2 rings (SSSR count). The predicted molar refractivity (Wildman–Crippen MR) is 115 cm³/mol. The molecule has 0 fully saturated rings. The molecule has 0 aliphatic rings. The van der Waals surface area contributed by atoms with E-state index in [2.05, 4.69) is 56.4 Å². The van der Waals surface area contributed by atoms with Crippen LogP contribution in [0.2, 0.25) is 0 Å². The Balaban J connectivity index is 1.77. The highest BCUT2D eigenvalue weighted by molar-refractivity contribution is 7.73.